The van der Waals surface area contributed by atoms with Crippen molar-refractivity contribution in [3.05, 3.63) is 46.2 Å². The van der Waals surface area contributed by atoms with Gasteiger partial charge in [0.25, 0.3) is 5.91 Å². The first-order valence-corrected chi connectivity index (χ1v) is 6.55. The molecule has 2 aromatic rings. The molecule has 0 atom stereocenters. The minimum absolute atomic E-state index is 0.0488. The number of nitrogens with one attached hydrogen (secondary N) is 2. The average Bonchev–Trinajstić information content (AvgIpc) is 2.78. The van der Waals surface area contributed by atoms with Gasteiger partial charge in [-0.25, -0.2) is 0 Å². The quantitative estimate of drug-likeness (QED) is 0.794. The molecule has 1 aromatic carbocycles. The molecule has 2 rings (SSSR count). The molecule has 0 aliphatic carbocycles. The molecule has 0 bridgehead atoms. The highest BCUT2D eigenvalue weighted by atomic mass is 35.5. The van der Waals surface area contributed by atoms with Crippen molar-refractivity contribution in [1.29, 1.82) is 0 Å². The Morgan fingerprint density at radius 2 is 2.00 bits per heavy atom. The molecule has 20 heavy (non-hydrogen) atoms. The fourth-order valence-electron chi connectivity index (χ4n) is 1.52. The summed E-state index contributed by atoms with van der Waals surface area (Å²) in [4.78, 5) is 14.6. The number of benzene rings is 1. The summed E-state index contributed by atoms with van der Waals surface area (Å²) in [5.41, 5.74) is 0.883. The van der Waals surface area contributed by atoms with Gasteiger partial charge >= 0.3 is 0 Å². The molecular weight excluding hydrogens is 303 g/mol. The molecule has 0 fully saturated rings. The van der Waals surface area contributed by atoms with E-state index in [2.05, 4.69) is 10.3 Å². The lowest BCUT2D eigenvalue weighted by Gasteiger charge is -2.06. The van der Waals surface area contributed by atoms with Gasteiger partial charge in [0.05, 0.1) is 11.6 Å². The van der Waals surface area contributed by atoms with Crippen LogP contribution in [0, 0.1) is 0 Å². The summed E-state index contributed by atoms with van der Waals surface area (Å²) in [5, 5.41) is 11.9. The molecule has 0 saturated heterocycles. The van der Waals surface area contributed by atoms with Crippen LogP contribution in [0.2, 0.25) is 10.2 Å². The van der Waals surface area contributed by atoms with Crippen molar-refractivity contribution in [2.24, 2.45) is 0 Å². The molecule has 0 spiro atoms. The van der Waals surface area contributed by atoms with Crippen molar-refractivity contribution in [3.8, 4) is 5.75 Å². The first-order valence-electron chi connectivity index (χ1n) is 5.79. The third-order valence-electron chi connectivity index (χ3n) is 2.44. The topological polar surface area (TPSA) is 74.3 Å². The summed E-state index contributed by atoms with van der Waals surface area (Å²) in [5.74, 6) is 0.269. The van der Waals surface area contributed by atoms with Crippen LogP contribution < -0.4 is 10.1 Å². The van der Waals surface area contributed by atoms with Crippen molar-refractivity contribution < 1.29 is 14.6 Å². The minimum Gasteiger partial charge on any atom is -0.491 e. The summed E-state index contributed by atoms with van der Waals surface area (Å²) >= 11 is 11.5. The Kier molecular flexibility index (Phi) is 4.89. The van der Waals surface area contributed by atoms with E-state index >= 15 is 0 Å². The van der Waals surface area contributed by atoms with Gasteiger partial charge < -0.3 is 20.1 Å². The minimum atomic E-state index is -0.345. The maximum atomic E-state index is 11.9. The zero-order valence-electron chi connectivity index (χ0n) is 10.3. The van der Waals surface area contributed by atoms with E-state index in [4.69, 9.17) is 33.0 Å². The fourth-order valence-corrected chi connectivity index (χ4v) is 1.84. The second-order valence-corrected chi connectivity index (χ2v) is 4.68. The van der Waals surface area contributed by atoms with E-state index in [0.29, 0.717) is 16.5 Å². The van der Waals surface area contributed by atoms with Crippen molar-refractivity contribution in [1.82, 2.24) is 4.98 Å². The third kappa shape index (κ3) is 3.66. The number of hydrogen-bond acceptors (Lipinski definition) is 3. The van der Waals surface area contributed by atoms with Crippen molar-refractivity contribution >= 4 is 34.8 Å². The lowest BCUT2D eigenvalue weighted by Crippen LogP contribution is -2.12. The Balaban J connectivity index is 2.00. The van der Waals surface area contributed by atoms with E-state index in [1.54, 1.807) is 24.3 Å². The summed E-state index contributed by atoms with van der Waals surface area (Å²) in [6.45, 7) is 0.179. The van der Waals surface area contributed by atoms with Gasteiger partial charge in [-0.05, 0) is 30.3 Å². The normalized spacial score (nSPS) is 10.3. The molecule has 7 heteroatoms. The van der Waals surface area contributed by atoms with Crippen LogP contribution in [-0.2, 0) is 0 Å². The van der Waals surface area contributed by atoms with Crippen molar-refractivity contribution in [2.45, 2.75) is 0 Å². The number of aromatic amines is 1. The molecule has 1 heterocycles. The van der Waals surface area contributed by atoms with Crippen LogP contribution in [0.4, 0.5) is 5.69 Å². The van der Waals surface area contributed by atoms with Gasteiger partial charge in [0.2, 0.25) is 0 Å². The summed E-state index contributed by atoms with van der Waals surface area (Å²) < 4.78 is 5.22. The van der Waals surface area contributed by atoms with E-state index in [1.807, 2.05) is 0 Å². The van der Waals surface area contributed by atoms with E-state index in [9.17, 15) is 4.79 Å². The molecule has 106 valence electrons. The van der Waals surface area contributed by atoms with Crippen LogP contribution in [0.25, 0.3) is 0 Å². The average molecular weight is 315 g/mol. The van der Waals surface area contributed by atoms with Crippen LogP contribution in [-0.4, -0.2) is 29.2 Å². The number of amides is 1. The Labute approximate surface area is 125 Å². The first kappa shape index (κ1) is 14.7. The number of anilines is 1. The second-order valence-electron chi connectivity index (χ2n) is 3.90. The van der Waals surface area contributed by atoms with E-state index < -0.39 is 0 Å². The lowest BCUT2D eigenvalue weighted by atomic mass is 10.3. The number of halogens is 2. The van der Waals surface area contributed by atoms with Crippen LogP contribution in [0.5, 0.6) is 5.75 Å². The highest BCUT2D eigenvalue weighted by Gasteiger charge is 2.11. The number of H-pyrrole nitrogens is 1. The van der Waals surface area contributed by atoms with Gasteiger partial charge in [-0.1, -0.05) is 23.2 Å². The molecule has 5 nitrogen and oxygen atoms in total. The van der Waals surface area contributed by atoms with E-state index in [1.165, 1.54) is 6.07 Å². The predicted molar refractivity (Wildman–Crippen MR) is 77.8 cm³/mol. The highest BCUT2D eigenvalue weighted by molar-refractivity contribution is 6.41. The smallest absolute Gasteiger partial charge is 0.272 e. The van der Waals surface area contributed by atoms with Gasteiger partial charge in [0, 0.05) is 5.69 Å². The SMILES string of the molecule is O=C(Nc1ccc(OCCO)cc1)c1cc(Cl)c(Cl)[nH]1. The number of aliphatic hydroxyl groups excluding tert-OH is 1. The Hall–Kier alpha value is -1.69. The fraction of sp³-hybridized carbons (Fsp3) is 0.154. The van der Waals surface area contributed by atoms with Crippen LogP contribution in [0.3, 0.4) is 0 Å². The maximum absolute atomic E-state index is 11.9. The Morgan fingerprint density at radius 3 is 2.55 bits per heavy atom. The second kappa shape index (κ2) is 6.65. The van der Waals surface area contributed by atoms with Crippen molar-refractivity contribution in [2.75, 3.05) is 18.5 Å². The van der Waals surface area contributed by atoms with Crippen LogP contribution >= 0.6 is 23.2 Å². The van der Waals surface area contributed by atoms with E-state index in [0.717, 1.165) is 0 Å². The molecule has 0 radical (unpaired) electrons. The number of ether oxygens (including phenoxy) is 1. The monoisotopic (exact) mass is 314 g/mol. The Morgan fingerprint density at radius 1 is 1.30 bits per heavy atom. The maximum Gasteiger partial charge on any atom is 0.272 e. The van der Waals surface area contributed by atoms with Crippen LogP contribution in [0.1, 0.15) is 10.5 Å². The van der Waals surface area contributed by atoms with E-state index in [-0.39, 0.29) is 30.0 Å². The predicted octanol–water partition coefficient (Wildman–Crippen LogP) is 2.94. The number of carbonyl (C=O) groups excluding carboxylic acids is 1. The van der Waals surface area contributed by atoms with Gasteiger partial charge in [0.15, 0.2) is 0 Å². The molecular formula is C13H12Cl2N2O3. The largest absolute Gasteiger partial charge is 0.491 e. The first-order chi connectivity index (χ1) is 9.60. The molecule has 0 aliphatic rings. The molecule has 0 saturated carbocycles. The van der Waals surface area contributed by atoms with Crippen LogP contribution in [0.15, 0.2) is 30.3 Å². The van der Waals surface area contributed by atoms with Gasteiger partial charge in [-0.15, -0.1) is 0 Å². The molecule has 1 amide bonds. The number of aromatic nitrogens is 1. The Bertz CT molecular complexity index is 577. The van der Waals surface area contributed by atoms with Gasteiger partial charge in [0.1, 0.15) is 23.2 Å². The number of rotatable bonds is 5. The van der Waals surface area contributed by atoms with Gasteiger partial charge in [-0.3, -0.25) is 4.79 Å². The summed E-state index contributed by atoms with van der Waals surface area (Å²) in [6.07, 6.45) is 0. The molecule has 1 aromatic heterocycles. The number of carbonyl (C=O) groups is 1. The lowest BCUT2D eigenvalue weighted by molar-refractivity contribution is 0.102. The number of hydrogen-bond donors (Lipinski definition) is 3. The summed E-state index contributed by atoms with van der Waals surface area (Å²) in [6, 6.07) is 8.23. The zero-order valence-corrected chi connectivity index (χ0v) is 11.8. The molecule has 3 N–H and O–H groups in total. The molecule has 0 unspecified atom stereocenters. The molecule has 0 aliphatic heterocycles. The highest BCUT2D eigenvalue weighted by Crippen LogP contribution is 2.23. The van der Waals surface area contributed by atoms with Gasteiger partial charge in [-0.2, -0.15) is 0 Å². The zero-order chi connectivity index (χ0) is 14.5. The number of aliphatic hydroxyl groups is 1. The third-order valence-corrected chi connectivity index (χ3v) is 3.13. The standard InChI is InChI=1S/C13H12Cl2N2O3/c14-10-7-11(17-12(10)15)13(19)16-8-1-3-9(4-2-8)20-6-5-18/h1-4,7,17-18H,5-6H2,(H,16,19). The van der Waals surface area contributed by atoms with Crippen molar-refractivity contribution in [3.63, 3.8) is 0 Å². The summed E-state index contributed by atoms with van der Waals surface area (Å²) in [7, 11) is 0.